The van der Waals surface area contributed by atoms with Crippen molar-refractivity contribution in [3.63, 3.8) is 0 Å². The highest BCUT2D eigenvalue weighted by atomic mass is 19.2. The molecule has 0 aliphatic heterocycles. The Labute approximate surface area is 109 Å². The van der Waals surface area contributed by atoms with E-state index in [1.54, 1.807) is 6.92 Å². The summed E-state index contributed by atoms with van der Waals surface area (Å²) in [7, 11) is 1.39. The number of carbonyl (C=O) groups is 2. The minimum atomic E-state index is -0.944. The molecule has 0 fully saturated rings. The van der Waals surface area contributed by atoms with E-state index in [4.69, 9.17) is 0 Å². The van der Waals surface area contributed by atoms with Gasteiger partial charge >= 0.3 is 6.03 Å². The highest BCUT2D eigenvalue weighted by Gasteiger charge is 2.11. The summed E-state index contributed by atoms with van der Waals surface area (Å²) in [5.74, 6) is -2.39. The fourth-order valence-electron chi connectivity index (χ4n) is 1.38. The number of imide groups is 1. The molecule has 3 amide bonds. The third-order valence-corrected chi connectivity index (χ3v) is 2.49. The molecule has 0 bridgehead atoms. The van der Waals surface area contributed by atoms with Gasteiger partial charge in [-0.05, 0) is 24.6 Å². The van der Waals surface area contributed by atoms with Crippen molar-refractivity contribution in [2.24, 2.45) is 0 Å². The van der Waals surface area contributed by atoms with Crippen LogP contribution in [0, 0.1) is 11.6 Å². The molecule has 0 unspecified atom stereocenters. The van der Waals surface area contributed by atoms with Gasteiger partial charge < -0.3 is 10.6 Å². The quantitative estimate of drug-likeness (QED) is 0.767. The molecule has 1 aromatic rings. The fourth-order valence-corrected chi connectivity index (χ4v) is 1.38. The highest BCUT2D eigenvalue weighted by molar-refractivity contribution is 5.95. The maximum Gasteiger partial charge on any atom is 0.321 e. The molecule has 3 N–H and O–H groups in total. The maximum absolute atomic E-state index is 13.0. The Balaban J connectivity index is 2.51. The van der Waals surface area contributed by atoms with E-state index in [0.29, 0.717) is 5.56 Å². The van der Waals surface area contributed by atoms with E-state index in [1.807, 2.05) is 0 Å². The summed E-state index contributed by atoms with van der Waals surface area (Å²) >= 11 is 0. The predicted octanol–water partition coefficient (Wildman–Crippen LogP) is 1.07. The van der Waals surface area contributed by atoms with Crippen LogP contribution in [-0.2, 0) is 4.79 Å². The van der Waals surface area contributed by atoms with Gasteiger partial charge in [-0.15, -0.1) is 0 Å². The second-order valence-corrected chi connectivity index (χ2v) is 3.90. The third kappa shape index (κ3) is 4.63. The van der Waals surface area contributed by atoms with Crippen LogP contribution in [0.2, 0.25) is 0 Å². The second-order valence-electron chi connectivity index (χ2n) is 3.90. The van der Waals surface area contributed by atoms with Crippen LogP contribution in [0.1, 0.15) is 18.5 Å². The van der Waals surface area contributed by atoms with Crippen molar-refractivity contribution in [2.75, 3.05) is 13.6 Å². The summed E-state index contributed by atoms with van der Waals surface area (Å²) in [5, 5.41) is 7.10. The first kappa shape index (κ1) is 15.0. The van der Waals surface area contributed by atoms with E-state index in [9.17, 15) is 18.4 Å². The molecule has 104 valence electrons. The van der Waals surface area contributed by atoms with Crippen molar-refractivity contribution >= 4 is 11.9 Å². The monoisotopic (exact) mass is 271 g/mol. The average molecular weight is 271 g/mol. The lowest BCUT2D eigenvalue weighted by Crippen LogP contribution is -2.42. The molecular formula is C12H15F2N3O2. The molecule has 0 aromatic heterocycles. The van der Waals surface area contributed by atoms with Gasteiger partial charge in [0.15, 0.2) is 11.6 Å². The molecule has 0 saturated carbocycles. The Morgan fingerprint density at radius 2 is 1.95 bits per heavy atom. The van der Waals surface area contributed by atoms with E-state index in [2.05, 4.69) is 16.0 Å². The smallest absolute Gasteiger partial charge is 0.321 e. The van der Waals surface area contributed by atoms with Crippen molar-refractivity contribution in [3.8, 4) is 0 Å². The van der Waals surface area contributed by atoms with Crippen LogP contribution < -0.4 is 16.0 Å². The SMILES string of the molecule is CNC(=O)NC(=O)CN[C@H](C)c1ccc(F)c(F)c1. The van der Waals surface area contributed by atoms with E-state index in [-0.39, 0.29) is 12.6 Å². The fraction of sp³-hybridized carbons (Fsp3) is 0.333. The summed E-state index contributed by atoms with van der Waals surface area (Å²) in [6, 6.07) is 2.54. The molecular weight excluding hydrogens is 256 g/mol. The predicted molar refractivity (Wildman–Crippen MR) is 65.4 cm³/mol. The van der Waals surface area contributed by atoms with Gasteiger partial charge in [-0.2, -0.15) is 0 Å². The van der Waals surface area contributed by atoms with Crippen LogP contribution in [0.5, 0.6) is 0 Å². The Morgan fingerprint density at radius 1 is 1.26 bits per heavy atom. The van der Waals surface area contributed by atoms with Crippen LogP contribution in [0.3, 0.4) is 0 Å². The zero-order chi connectivity index (χ0) is 14.4. The molecule has 0 spiro atoms. The van der Waals surface area contributed by atoms with Gasteiger partial charge in [0.05, 0.1) is 6.54 Å². The number of urea groups is 1. The highest BCUT2D eigenvalue weighted by Crippen LogP contribution is 2.15. The number of halogens is 2. The number of carbonyl (C=O) groups excluding carboxylic acids is 2. The average Bonchev–Trinajstić information content (AvgIpc) is 2.39. The van der Waals surface area contributed by atoms with Gasteiger partial charge in [-0.1, -0.05) is 6.07 Å². The third-order valence-electron chi connectivity index (χ3n) is 2.49. The number of benzene rings is 1. The van der Waals surface area contributed by atoms with E-state index < -0.39 is 23.6 Å². The van der Waals surface area contributed by atoms with Gasteiger partial charge in [-0.25, -0.2) is 13.6 Å². The first-order valence-corrected chi connectivity index (χ1v) is 5.64. The molecule has 0 radical (unpaired) electrons. The maximum atomic E-state index is 13.0. The largest absolute Gasteiger partial charge is 0.341 e. The molecule has 0 heterocycles. The molecule has 19 heavy (non-hydrogen) atoms. The minimum Gasteiger partial charge on any atom is -0.341 e. The summed E-state index contributed by atoms with van der Waals surface area (Å²) in [6.45, 7) is 1.58. The molecule has 0 aliphatic carbocycles. The molecule has 1 aromatic carbocycles. The molecule has 0 saturated heterocycles. The zero-order valence-electron chi connectivity index (χ0n) is 10.6. The van der Waals surface area contributed by atoms with E-state index in [0.717, 1.165) is 12.1 Å². The van der Waals surface area contributed by atoms with Crippen LogP contribution in [-0.4, -0.2) is 25.5 Å². The van der Waals surface area contributed by atoms with Crippen molar-refractivity contribution in [3.05, 3.63) is 35.4 Å². The number of hydrogen-bond donors (Lipinski definition) is 3. The summed E-state index contributed by atoms with van der Waals surface area (Å²) < 4.78 is 25.8. The number of hydrogen-bond acceptors (Lipinski definition) is 3. The van der Waals surface area contributed by atoms with Gasteiger partial charge in [0.25, 0.3) is 0 Å². The van der Waals surface area contributed by atoms with Gasteiger partial charge in [0, 0.05) is 13.1 Å². The normalized spacial score (nSPS) is 11.8. The second kappa shape index (κ2) is 6.79. The molecule has 0 aliphatic rings. The first-order valence-electron chi connectivity index (χ1n) is 5.64. The Kier molecular flexibility index (Phi) is 5.37. The van der Waals surface area contributed by atoms with Crippen LogP contribution >= 0.6 is 0 Å². The number of rotatable bonds is 4. The van der Waals surface area contributed by atoms with Gasteiger partial charge in [0.1, 0.15) is 0 Å². The van der Waals surface area contributed by atoms with Crippen LogP contribution in [0.4, 0.5) is 13.6 Å². The molecule has 7 heteroatoms. The van der Waals surface area contributed by atoms with Crippen molar-refractivity contribution in [1.82, 2.24) is 16.0 Å². The van der Waals surface area contributed by atoms with E-state index in [1.165, 1.54) is 13.1 Å². The molecule has 1 atom stereocenters. The lowest BCUT2D eigenvalue weighted by atomic mass is 10.1. The summed E-state index contributed by atoms with van der Waals surface area (Å²) in [6.07, 6.45) is 0. The summed E-state index contributed by atoms with van der Waals surface area (Å²) in [5.41, 5.74) is 0.506. The van der Waals surface area contributed by atoms with Crippen molar-refractivity contribution in [1.29, 1.82) is 0 Å². The Morgan fingerprint density at radius 3 is 2.53 bits per heavy atom. The topological polar surface area (TPSA) is 70.2 Å². The summed E-state index contributed by atoms with van der Waals surface area (Å²) in [4.78, 5) is 22.2. The number of amides is 3. The lowest BCUT2D eigenvalue weighted by Gasteiger charge is -2.14. The van der Waals surface area contributed by atoms with Gasteiger partial charge in [-0.3, -0.25) is 10.1 Å². The minimum absolute atomic E-state index is 0.117. The van der Waals surface area contributed by atoms with Crippen molar-refractivity contribution < 1.29 is 18.4 Å². The Bertz CT molecular complexity index is 480. The first-order chi connectivity index (χ1) is 8.93. The molecule has 1 rings (SSSR count). The van der Waals surface area contributed by atoms with Crippen molar-refractivity contribution in [2.45, 2.75) is 13.0 Å². The number of nitrogens with one attached hydrogen (secondary N) is 3. The van der Waals surface area contributed by atoms with E-state index >= 15 is 0 Å². The standard InChI is InChI=1S/C12H15F2N3O2/c1-7(8-3-4-9(13)10(14)5-8)16-6-11(18)17-12(19)15-2/h3-5,7,16H,6H2,1-2H3,(H2,15,17,18,19)/t7-/m1/s1. The van der Waals surface area contributed by atoms with Crippen LogP contribution in [0.25, 0.3) is 0 Å². The van der Waals surface area contributed by atoms with Crippen LogP contribution in [0.15, 0.2) is 18.2 Å². The van der Waals surface area contributed by atoms with Gasteiger partial charge in [0.2, 0.25) is 5.91 Å². The lowest BCUT2D eigenvalue weighted by molar-refractivity contribution is -0.119. The zero-order valence-corrected chi connectivity index (χ0v) is 10.6. The Hall–Kier alpha value is -2.02. The molecule has 5 nitrogen and oxygen atoms in total.